The normalized spacial score (nSPS) is 12.1. The van der Waals surface area contributed by atoms with Crippen LogP contribution < -0.4 is 0 Å². The van der Waals surface area contributed by atoms with Crippen molar-refractivity contribution in [1.29, 1.82) is 0 Å². The van der Waals surface area contributed by atoms with E-state index in [0.717, 1.165) is 12.3 Å². The monoisotopic (exact) mass is 269 g/mol. The molecule has 1 aromatic carbocycles. The first kappa shape index (κ1) is 15.5. The van der Waals surface area contributed by atoms with Gasteiger partial charge in [0.15, 0.2) is 0 Å². The summed E-state index contributed by atoms with van der Waals surface area (Å²) in [5, 5.41) is 18.5. The Hall–Kier alpha value is -0.550. The highest BCUT2D eigenvalue weighted by molar-refractivity contribution is 7.99. The van der Waals surface area contributed by atoms with Crippen molar-refractivity contribution in [2.75, 3.05) is 39.1 Å². The third-order valence-corrected chi connectivity index (χ3v) is 3.89. The summed E-state index contributed by atoms with van der Waals surface area (Å²) < 4.78 is 0. The molecule has 0 aliphatic carbocycles. The summed E-state index contributed by atoms with van der Waals surface area (Å²) in [7, 11) is 2.02. The smallest absolute Gasteiger partial charge is 0.0519 e. The minimum absolute atomic E-state index is 0.0136. The molecule has 0 unspecified atom stereocenters. The zero-order valence-electron chi connectivity index (χ0n) is 11.2. The fraction of sp³-hybridized carbons (Fsp3) is 0.571. The van der Waals surface area contributed by atoms with Gasteiger partial charge in [0.2, 0.25) is 0 Å². The summed E-state index contributed by atoms with van der Waals surface area (Å²) in [6.07, 6.45) is 0. The van der Waals surface area contributed by atoms with Crippen molar-refractivity contribution < 1.29 is 10.2 Å². The number of aliphatic hydroxyl groups is 2. The minimum atomic E-state index is -0.411. The molecule has 0 bridgehead atoms. The Bertz CT molecular complexity index is 328. The van der Waals surface area contributed by atoms with E-state index in [0.29, 0.717) is 6.54 Å². The van der Waals surface area contributed by atoms with Crippen LogP contribution in [-0.2, 0) is 0 Å². The van der Waals surface area contributed by atoms with Gasteiger partial charge in [0.25, 0.3) is 0 Å². The van der Waals surface area contributed by atoms with Crippen LogP contribution in [0.5, 0.6) is 0 Å². The SMILES string of the molecule is CN(CCSc1ccccc1)CC(C)(CO)CO. The number of thioether (sulfide) groups is 1. The van der Waals surface area contributed by atoms with Crippen molar-refractivity contribution in [3.05, 3.63) is 30.3 Å². The van der Waals surface area contributed by atoms with Crippen LogP contribution in [-0.4, -0.2) is 54.2 Å². The summed E-state index contributed by atoms with van der Waals surface area (Å²) in [4.78, 5) is 3.43. The molecular weight excluding hydrogens is 246 g/mol. The molecule has 0 fully saturated rings. The van der Waals surface area contributed by atoms with Gasteiger partial charge in [-0.1, -0.05) is 25.1 Å². The second-order valence-corrected chi connectivity index (χ2v) is 6.19. The van der Waals surface area contributed by atoms with Crippen LogP contribution in [0, 0.1) is 5.41 Å². The van der Waals surface area contributed by atoms with E-state index >= 15 is 0 Å². The van der Waals surface area contributed by atoms with Crippen LogP contribution in [0.2, 0.25) is 0 Å². The molecule has 0 amide bonds. The van der Waals surface area contributed by atoms with Gasteiger partial charge in [-0.05, 0) is 19.2 Å². The van der Waals surface area contributed by atoms with Crippen LogP contribution in [0.4, 0.5) is 0 Å². The van der Waals surface area contributed by atoms with Crippen LogP contribution in [0.3, 0.4) is 0 Å². The predicted molar refractivity (Wildman–Crippen MR) is 76.9 cm³/mol. The Morgan fingerprint density at radius 1 is 1.17 bits per heavy atom. The van der Waals surface area contributed by atoms with Crippen molar-refractivity contribution >= 4 is 11.8 Å². The van der Waals surface area contributed by atoms with Gasteiger partial charge in [0, 0.05) is 29.2 Å². The van der Waals surface area contributed by atoms with E-state index in [4.69, 9.17) is 0 Å². The number of nitrogens with zero attached hydrogens (tertiary/aromatic N) is 1. The van der Waals surface area contributed by atoms with Gasteiger partial charge in [-0.3, -0.25) is 0 Å². The van der Waals surface area contributed by atoms with Crippen molar-refractivity contribution in [1.82, 2.24) is 4.90 Å². The van der Waals surface area contributed by atoms with Gasteiger partial charge in [-0.2, -0.15) is 0 Å². The highest BCUT2D eigenvalue weighted by atomic mass is 32.2. The highest BCUT2D eigenvalue weighted by Gasteiger charge is 2.23. The molecule has 0 saturated heterocycles. The average molecular weight is 269 g/mol. The van der Waals surface area contributed by atoms with Crippen molar-refractivity contribution in [2.24, 2.45) is 5.41 Å². The van der Waals surface area contributed by atoms with Crippen molar-refractivity contribution in [3.63, 3.8) is 0 Å². The molecule has 0 atom stereocenters. The van der Waals surface area contributed by atoms with Gasteiger partial charge in [-0.15, -0.1) is 11.8 Å². The summed E-state index contributed by atoms with van der Waals surface area (Å²) in [6, 6.07) is 10.3. The van der Waals surface area contributed by atoms with E-state index in [1.54, 1.807) is 0 Å². The van der Waals surface area contributed by atoms with E-state index in [1.807, 2.05) is 43.9 Å². The molecule has 0 heterocycles. The molecule has 4 heteroatoms. The molecule has 2 N–H and O–H groups in total. The topological polar surface area (TPSA) is 43.7 Å². The third-order valence-electron chi connectivity index (χ3n) is 2.90. The maximum atomic E-state index is 9.25. The molecule has 0 saturated carbocycles. The number of hydrogen-bond acceptors (Lipinski definition) is 4. The number of rotatable bonds is 8. The summed E-state index contributed by atoms with van der Waals surface area (Å²) in [6.45, 7) is 3.57. The Balaban J connectivity index is 2.27. The van der Waals surface area contributed by atoms with Crippen LogP contribution in [0.1, 0.15) is 6.92 Å². The number of hydrogen-bond donors (Lipinski definition) is 2. The highest BCUT2D eigenvalue weighted by Crippen LogP contribution is 2.18. The first-order chi connectivity index (χ1) is 8.59. The lowest BCUT2D eigenvalue weighted by Crippen LogP contribution is -2.39. The quantitative estimate of drug-likeness (QED) is 0.705. The third kappa shape index (κ3) is 5.40. The van der Waals surface area contributed by atoms with Gasteiger partial charge in [0.1, 0.15) is 0 Å². The molecular formula is C14H23NO2S. The van der Waals surface area contributed by atoms with Crippen LogP contribution in [0.25, 0.3) is 0 Å². The van der Waals surface area contributed by atoms with Crippen molar-refractivity contribution in [3.8, 4) is 0 Å². The molecule has 0 aliphatic rings. The first-order valence-corrected chi connectivity index (χ1v) is 7.16. The predicted octanol–water partition coefficient (Wildman–Crippen LogP) is 1.70. The Morgan fingerprint density at radius 2 is 1.78 bits per heavy atom. The van der Waals surface area contributed by atoms with E-state index in [1.165, 1.54) is 4.90 Å². The molecule has 0 spiro atoms. The molecule has 0 aromatic heterocycles. The molecule has 3 nitrogen and oxygen atoms in total. The Kier molecular flexibility index (Phi) is 6.71. The molecule has 0 radical (unpaired) electrons. The molecule has 0 aliphatic heterocycles. The fourth-order valence-electron chi connectivity index (χ4n) is 1.72. The summed E-state index contributed by atoms with van der Waals surface area (Å²) in [5.74, 6) is 1.01. The first-order valence-electron chi connectivity index (χ1n) is 6.18. The van der Waals surface area contributed by atoms with Gasteiger partial charge < -0.3 is 15.1 Å². The molecule has 18 heavy (non-hydrogen) atoms. The number of aliphatic hydroxyl groups excluding tert-OH is 2. The maximum absolute atomic E-state index is 9.25. The lowest BCUT2D eigenvalue weighted by Gasteiger charge is -2.30. The maximum Gasteiger partial charge on any atom is 0.0519 e. The number of benzene rings is 1. The van der Waals surface area contributed by atoms with Crippen molar-refractivity contribution in [2.45, 2.75) is 11.8 Å². The van der Waals surface area contributed by atoms with E-state index in [-0.39, 0.29) is 13.2 Å². The van der Waals surface area contributed by atoms with Crippen LogP contribution >= 0.6 is 11.8 Å². The fourth-order valence-corrected chi connectivity index (χ4v) is 2.70. The lowest BCUT2D eigenvalue weighted by molar-refractivity contribution is 0.0435. The zero-order valence-corrected chi connectivity index (χ0v) is 12.0. The zero-order chi connectivity index (χ0) is 13.4. The standard InChI is InChI=1S/C14H23NO2S/c1-14(11-16,12-17)10-15(2)8-9-18-13-6-4-3-5-7-13/h3-7,16-17H,8-12H2,1-2H3. The molecule has 102 valence electrons. The molecule has 1 rings (SSSR count). The van der Waals surface area contributed by atoms with Gasteiger partial charge in [0.05, 0.1) is 13.2 Å². The molecule has 1 aromatic rings. The second-order valence-electron chi connectivity index (χ2n) is 5.03. The van der Waals surface area contributed by atoms with Gasteiger partial charge >= 0.3 is 0 Å². The van der Waals surface area contributed by atoms with Crippen LogP contribution in [0.15, 0.2) is 35.2 Å². The largest absolute Gasteiger partial charge is 0.396 e. The average Bonchev–Trinajstić information content (AvgIpc) is 2.40. The second kappa shape index (κ2) is 7.79. The van der Waals surface area contributed by atoms with E-state index in [2.05, 4.69) is 17.0 Å². The summed E-state index contributed by atoms with van der Waals surface area (Å²) in [5.41, 5.74) is -0.411. The Labute approximate surface area is 114 Å². The Morgan fingerprint density at radius 3 is 2.33 bits per heavy atom. The minimum Gasteiger partial charge on any atom is -0.396 e. The van der Waals surface area contributed by atoms with E-state index < -0.39 is 5.41 Å². The summed E-state index contributed by atoms with van der Waals surface area (Å²) >= 11 is 1.82. The van der Waals surface area contributed by atoms with Gasteiger partial charge in [-0.25, -0.2) is 0 Å². The van der Waals surface area contributed by atoms with E-state index in [9.17, 15) is 10.2 Å². The lowest BCUT2D eigenvalue weighted by atomic mass is 9.92.